The molecular formula is C20H11ClN4O2S. The van der Waals surface area contributed by atoms with Crippen LogP contribution in [0.5, 0.6) is 0 Å². The monoisotopic (exact) mass is 406 g/mol. The first kappa shape index (κ1) is 17.9. The number of thiazole rings is 1. The highest BCUT2D eigenvalue weighted by atomic mass is 35.5. The standard InChI is InChI=1S/C20H11ClN4O2S/c21-15-7-8-17-18(10-15)28-20(24-17)25(23-12-16-2-1-9-27-16)19(26)14-5-3-13(11-22)4-6-14/h1-10,12H/b23-12-. The lowest BCUT2D eigenvalue weighted by molar-refractivity contribution is 0.0988. The summed E-state index contributed by atoms with van der Waals surface area (Å²) in [6.07, 6.45) is 2.97. The van der Waals surface area contributed by atoms with Gasteiger partial charge in [-0.25, -0.2) is 4.98 Å². The average Bonchev–Trinajstić information content (AvgIpc) is 3.37. The van der Waals surface area contributed by atoms with E-state index in [-0.39, 0.29) is 5.91 Å². The first-order valence-electron chi connectivity index (χ1n) is 8.12. The third kappa shape index (κ3) is 3.64. The Morgan fingerprint density at radius 3 is 2.79 bits per heavy atom. The fourth-order valence-corrected chi connectivity index (χ4v) is 3.65. The van der Waals surface area contributed by atoms with Gasteiger partial charge in [0.05, 0.1) is 34.3 Å². The lowest BCUT2D eigenvalue weighted by Crippen LogP contribution is -2.25. The molecule has 28 heavy (non-hydrogen) atoms. The maximum absolute atomic E-state index is 13.1. The molecule has 0 atom stereocenters. The number of carbonyl (C=O) groups is 1. The number of benzene rings is 2. The van der Waals surface area contributed by atoms with Gasteiger partial charge in [-0.1, -0.05) is 22.9 Å². The van der Waals surface area contributed by atoms with E-state index in [9.17, 15) is 4.79 Å². The first-order valence-corrected chi connectivity index (χ1v) is 9.32. The van der Waals surface area contributed by atoms with E-state index in [1.165, 1.54) is 28.8 Å². The third-order valence-electron chi connectivity index (χ3n) is 3.82. The Morgan fingerprint density at radius 1 is 1.25 bits per heavy atom. The Hall–Kier alpha value is -3.47. The number of nitriles is 1. The SMILES string of the molecule is N#Cc1ccc(C(=O)N(/N=C\c2ccco2)c2nc3ccc(Cl)cc3s2)cc1. The number of anilines is 1. The number of amides is 1. The van der Waals surface area contributed by atoms with Gasteiger partial charge in [-0.3, -0.25) is 4.79 Å². The van der Waals surface area contributed by atoms with E-state index < -0.39 is 0 Å². The average molecular weight is 407 g/mol. The Morgan fingerprint density at radius 2 is 2.07 bits per heavy atom. The van der Waals surface area contributed by atoms with Gasteiger partial charge in [0, 0.05) is 10.6 Å². The molecule has 0 fully saturated rings. The van der Waals surface area contributed by atoms with Crippen LogP contribution in [0.2, 0.25) is 5.02 Å². The Balaban J connectivity index is 1.75. The molecule has 8 heteroatoms. The van der Waals surface area contributed by atoms with E-state index in [0.717, 1.165) is 10.2 Å². The number of fused-ring (bicyclic) bond motifs is 1. The molecule has 0 aliphatic rings. The zero-order valence-electron chi connectivity index (χ0n) is 14.2. The molecular weight excluding hydrogens is 396 g/mol. The fraction of sp³-hybridized carbons (Fsp3) is 0. The van der Waals surface area contributed by atoms with Crippen LogP contribution in [0.25, 0.3) is 10.2 Å². The first-order chi connectivity index (χ1) is 13.6. The van der Waals surface area contributed by atoms with Gasteiger partial charge in [-0.2, -0.15) is 15.4 Å². The molecule has 2 heterocycles. The second-order valence-electron chi connectivity index (χ2n) is 5.67. The van der Waals surface area contributed by atoms with Crippen LogP contribution in [0.3, 0.4) is 0 Å². The molecule has 136 valence electrons. The van der Waals surface area contributed by atoms with E-state index in [1.54, 1.807) is 54.6 Å². The molecule has 0 radical (unpaired) electrons. The van der Waals surface area contributed by atoms with Crippen LogP contribution >= 0.6 is 22.9 Å². The summed E-state index contributed by atoms with van der Waals surface area (Å²) in [4.78, 5) is 17.6. The predicted molar refractivity (Wildman–Crippen MR) is 109 cm³/mol. The van der Waals surface area contributed by atoms with Gasteiger partial charge in [-0.15, -0.1) is 0 Å². The minimum Gasteiger partial charge on any atom is -0.463 e. The zero-order valence-corrected chi connectivity index (χ0v) is 15.8. The number of nitrogens with zero attached hydrogens (tertiary/aromatic N) is 4. The number of furan rings is 1. The highest BCUT2D eigenvalue weighted by Crippen LogP contribution is 2.31. The van der Waals surface area contributed by atoms with Crippen molar-refractivity contribution in [1.29, 1.82) is 5.26 Å². The summed E-state index contributed by atoms with van der Waals surface area (Å²) in [5, 5.41) is 15.4. The van der Waals surface area contributed by atoms with E-state index in [0.29, 0.717) is 27.0 Å². The summed E-state index contributed by atoms with van der Waals surface area (Å²) >= 11 is 7.35. The third-order valence-corrected chi connectivity index (χ3v) is 5.05. The molecule has 0 spiro atoms. The molecule has 0 saturated heterocycles. The highest BCUT2D eigenvalue weighted by molar-refractivity contribution is 7.22. The van der Waals surface area contributed by atoms with Crippen molar-refractivity contribution in [2.75, 3.05) is 5.01 Å². The van der Waals surface area contributed by atoms with Crippen LogP contribution in [0.15, 0.2) is 70.4 Å². The summed E-state index contributed by atoms with van der Waals surface area (Å²) in [5.74, 6) is 0.124. The maximum Gasteiger partial charge on any atom is 0.280 e. The number of hydrogen-bond acceptors (Lipinski definition) is 6. The summed E-state index contributed by atoms with van der Waals surface area (Å²) in [6, 6.07) is 17.1. The smallest absolute Gasteiger partial charge is 0.280 e. The van der Waals surface area contributed by atoms with Crippen molar-refractivity contribution in [2.24, 2.45) is 5.10 Å². The van der Waals surface area contributed by atoms with Crippen molar-refractivity contribution in [3.63, 3.8) is 0 Å². The highest BCUT2D eigenvalue weighted by Gasteiger charge is 2.21. The second-order valence-corrected chi connectivity index (χ2v) is 7.12. The second kappa shape index (κ2) is 7.64. The molecule has 0 N–H and O–H groups in total. The lowest BCUT2D eigenvalue weighted by atomic mass is 10.1. The Labute approximate surface area is 168 Å². The summed E-state index contributed by atoms with van der Waals surface area (Å²) in [5.41, 5.74) is 1.57. The van der Waals surface area contributed by atoms with Crippen molar-refractivity contribution < 1.29 is 9.21 Å². The molecule has 2 aromatic carbocycles. The normalized spacial score (nSPS) is 11.0. The molecule has 4 aromatic rings. The van der Waals surface area contributed by atoms with Crippen molar-refractivity contribution in [3.05, 3.63) is 82.8 Å². The van der Waals surface area contributed by atoms with E-state index in [2.05, 4.69) is 10.1 Å². The molecule has 0 aliphatic heterocycles. The van der Waals surface area contributed by atoms with Crippen molar-refractivity contribution in [1.82, 2.24) is 4.98 Å². The minimum atomic E-state index is -0.377. The number of carbonyl (C=O) groups excluding carboxylic acids is 1. The number of rotatable bonds is 4. The van der Waals surface area contributed by atoms with E-state index in [4.69, 9.17) is 21.3 Å². The van der Waals surface area contributed by atoms with Crippen molar-refractivity contribution in [3.8, 4) is 6.07 Å². The number of halogens is 1. The molecule has 0 saturated carbocycles. The van der Waals surface area contributed by atoms with Crippen LogP contribution in [-0.2, 0) is 0 Å². The fourth-order valence-electron chi connectivity index (χ4n) is 2.45. The van der Waals surface area contributed by atoms with Crippen LogP contribution in [0.4, 0.5) is 5.13 Å². The number of aromatic nitrogens is 1. The maximum atomic E-state index is 13.1. The molecule has 0 bridgehead atoms. The Kier molecular flexibility index (Phi) is 4.89. The van der Waals surface area contributed by atoms with Gasteiger partial charge >= 0.3 is 0 Å². The van der Waals surface area contributed by atoms with Crippen molar-refractivity contribution >= 4 is 50.4 Å². The largest absolute Gasteiger partial charge is 0.463 e. The Bertz CT molecular complexity index is 1210. The van der Waals surface area contributed by atoms with Gasteiger partial charge in [0.1, 0.15) is 5.76 Å². The van der Waals surface area contributed by atoms with Crippen LogP contribution in [0, 0.1) is 11.3 Å². The van der Waals surface area contributed by atoms with E-state index in [1.807, 2.05) is 6.07 Å². The zero-order chi connectivity index (χ0) is 19.5. The van der Waals surface area contributed by atoms with Gasteiger partial charge < -0.3 is 4.42 Å². The topological polar surface area (TPSA) is 82.5 Å². The van der Waals surface area contributed by atoms with E-state index >= 15 is 0 Å². The molecule has 0 aliphatic carbocycles. The minimum absolute atomic E-state index is 0.377. The summed E-state index contributed by atoms with van der Waals surface area (Å²) < 4.78 is 6.09. The number of hydrazone groups is 1. The predicted octanol–water partition coefficient (Wildman–Crippen LogP) is 5.10. The summed E-state index contributed by atoms with van der Waals surface area (Å²) in [7, 11) is 0. The van der Waals surface area contributed by atoms with Crippen LogP contribution in [-0.4, -0.2) is 17.1 Å². The molecule has 0 unspecified atom stereocenters. The van der Waals surface area contributed by atoms with Crippen LogP contribution < -0.4 is 5.01 Å². The van der Waals surface area contributed by atoms with Crippen LogP contribution in [0.1, 0.15) is 21.7 Å². The lowest BCUT2D eigenvalue weighted by Gasteiger charge is -2.13. The molecule has 2 aromatic heterocycles. The molecule has 1 amide bonds. The van der Waals surface area contributed by atoms with Gasteiger partial charge in [0.2, 0.25) is 5.13 Å². The number of hydrogen-bond donors (Lipinski definition) is 0. The van der Waals surface area contributed by atoms with Gasteiger partial charge in [0.25, 0.3) is 5.91 Å². The van der Waals surface area contributed by atoms with Gasteiger partial charge in [0.15, 0.2) is 0 Å². The van der Waals surface area contributed by atoms with Crippen molar-refractivity contribution in [2.45, 2.75) is 0 Å². The molecule has 4 rings (SSSR count). The summed E-state index contributed by atoms with van der Waals surface area (Å²) in [6.45, 7) is 0. The quantitative estimate of drug-likeness (QED) is 0.349. The molecule has 6 nitrogen and oxygen atoms in total. The van der Waals surface area contributed by atoms with Gasteiger partial charge in [-0.05, 0) is 54.6 Å².